The zero-order chi connectivity index (χ0) is 21.0. The molecule has 148 valence electrons. The number of pyridine rings is 2. The van der Waals surface area contributed by atoms with Gasteiger partial charge in [0, 0.05) is 23.1 Å². The van der Waals surface area contributed by atoms with Crippen molar-refractivity contribution in [1.82, 2.24) is 4.98 Å². The fraction of sp³-hybridized carbons (Fsp3) is 0.120. The molecule has 0 saturated heterocycles. The van der Waals surface area contributed by atoms with Crippen molar-refractivity contribution in [1.29, 1.82) is 0 Å². The van der Waals surface area contributed by atoms with Gasteiger partial charge in [0.25, 0.3) is 0 Å². The summed E-state index contributed by atoms with van der Waals surface area (Å²) in [5, 5.41) is 0.783. The molecule has 0 N–H and O–H groups in total. The van der Waals surface area contributed by atoms with Crippen LogP contribution in [0.5, 0.6) is 0 Å². The van der Waals surface area contributed by atoms with Gasteiger partial charge in [0.15, 0.2) is 11.8 Å². The molecule has 0 aliphatic heterocycles. The second kappa shape index (κ2) is 6.73. The molecule has 5 rings (SSSR count). The number of furan rings is 1. The van der Waals surface area contributed by atoms with E-state index in [4.69, 9.17) is 4.42 Å². The highest BCUT2D eigenvalue weighted by atomic mass is 19.1. The Bertz CT molecular complexity index is 1450. The van der Waals surface area contributed by atoms with Gasteiger partial charge in [-0.25, -0.2) is 8.96 Å². The van der Waals surface area contributed by atoms with Crippen LogP contribution in [-0.2, 0) is 7.05 Å². The molecular formula is C25H19F2N2O+. The second-order valence-corrected chi connectivity index (χ2v) is 7.57. The average molecular weight is 401 g/mol. The van der Waals surface area contributed by atoms with Gasteiger partial charge in [0.1, 0.15) is 12.9 Å². The number of halogens is 2. The first-order valence-corrected chi connectivity index (χ1v) is 9.68. The Kier molecular flexibility index (Phi) is 4.13. The molecule has 30 heavy (non-hydrogen) atoms. The molecule has 0 bridgehead atoms. The Morgan fingerprint density at radius 1 is 0.933 bits per heavy atom. The SMILES string of the molecule is Cc1ccccc1-c1ccc(-c2c(C)ccc3c2oc2nc(F)cc(F)c23)[n+](C)c1. The minimum absolute atomic E-state index is 0.0338. The molecule has 0 fully saturated rings. The van der Waals surface area contributed by atoms with Crippen LogP contribution >= 0.6 is 0 Å². The molecule has 0 radical (unpaired) electrons. The number of aromatic nitrogens is 2. The second-order valence-electron chi connectivity index (χ2n) is 7.57. The van der Waals surface area contributed by atoms with Gasteiger partial charge in [0.05, 0.1) is 10.9 Å². The minimum Gasteiger partial charge on any atom is -0.437 e. The lowest BCUT2D eigenvalue weighted by atomic mass is 9.98. The molecule has 0 unspecified atom stereocenters. The first-order chi connectivity index (χ1) is 14.4. The summed E-state index contributed by atoms with van der Waals surface area (Å²) in [6.07, 6.45) is 2.07. The molecule has 2 aromatic carbocycles. The molecule has 0 amide bonds. The van der Waals surface area contributed by atoms with Crippen molar-refractivity contribution in [2.75, 3.05) is 0 Å². The van der Waals surface area contributed by atoms with Gasteiger partial charge in [-0.15, -0.1) is 0 Å². The van der Waals surface area contributed by atoms with E-state index in [0.29, 0.717) is 11.0 Å². The number of fused-ring (bicyclic) bond motifs is 3. The molecule has 5 heteroatoms. The summed E-state index contributed by atoms with van der Waals surface area (Å²) < 4.78 is 36.0. The first kappa shape index (κ1) is 18.4. The van der Waals surface area contributed by atoms with Gasteiger partial charge >= 0.3 is 0 Å². The van der Waals surface area contributed by atoms with Crippen LogP contribution in [0.3, 0.4) is 0 Å². The van der Waals surface area contributed by atoms with Crippen LogP contribution in [-0.4, -0.2) is 4.98 Å². The standard InChI is InChI=1S/C25H19F2N2O/c1-14-6-4-5-7-17(14)16-9-11-20(29(3)13-16)22-15(2)8-10-18-23-19(26)12-21(27)28-25(23)30-24(18)22/h4-13H,1-3H3/q+1. The van der Waals surface area contributed by atoms with E-state index in [2.05, 4.69) is 36.3 Å². The predicted molar refractivity (Wildman–Crippen MR) is 113 cm³/mol. The Labute approximate surface area is 172 Å². The summed E-state index contributed by atoms with van der Waals surface area (Å²) in [5.74, 6) is -1.57. The molecule has 3 aromatic heterocycles. The third-order valence-electron chi connectivity index (χ3n) is 5.59. The van der Waals surface area contributed by atoms with Gasteiger partial charge in [-0.2, -0.15) is 9.37 Å². The molecule has 3 nitrogen and oxygen atoms in total. The van der Waals surface area contributed by atoms with Crippen LogP contribution in [0, 0.1) is 25.6 Å². The number of hydrogen-bond acceptors (Lipinski definition) is 2. The van der Waals surface area contributed by atoms with Gasteiger partial charge in [-0.1, -0.05) is 36.4 Å². The molecule has 0 atom stereocenters. The lowest BCUT2D eigenvalue weighted by Crippen LogP contribution is -2.31. The summed E-state index contributed by atoms with van der Waals surface area (Å²) in [6, 6.07) is 16.8. The summed E-state index contributed by atoms with van der Waals surface area (Å²) >= 11 is 0. The minimum atomic E-state index is -0.898. The van der Waals surface area contributed by atoms with Crippen molar-refractivity contribution < 1.29 is 17.8 Å². The normalized spacial score (nSPS) is 11.5. The smallest absolute Gasteiger partial charge is 0.232 e. The lowest BCUT2D eigenvalue weighted by molar-refractivity contribution is -0.659. The van der Waals surface area contributed by atoms with Gasteiger partial charge < -0.3 is 4.42 Å². The van der Waals surface area contributed by atoms with E-state index in [1.807, 2.05) is 42.8 Å². The monoisotopic (exact) mass is 401 g/mol. The quantitative estimate of drug-likeness (QED) is 0.267. The van der Waals surface area contributed by atoms with E-state index in [0.717, 1.165) is 28.5 Å². The van der Waals surface area contributed by atoms with E-state index < -0.39 is 11.8 Å². The molecule has 3 heterocycles. The van der Waals surface area contributed by atoms with Gasteiger partial charge in [-0.3, -0.25) is 0 Å². The zero-order valence-corrected chi connectivity index (χ0v) is 16.8. The van der Waals surface area contributed by atoms with E-state index >= 15 is 0 Å². The highest BCUT2D eigenvalue weighted by molar-refractivity contribution is 6.09. The zero-order valence-electron chi connectivity index (χ0n) is 16.8. The number of benzene rings is 2. The van der Waals surface area contributed by atoms with Crippen LogP contribution < -0.4 is 4.57 Å². The van der Waals surface area contributed by atoms with E-state index in [1.165, 1.54) is 11.1 Å². The van der Waals surface area contributed by atoms with Gasteiger partial charge in [0.2, 0.25) is 17.4 Å². The maximum absolute atomic E-state index is 14.5. The molecule has 0 aliphatic rings. The van der Waals surface area contributed by atoms with Crippen molar-refractivity contribution >= 4 is 22.1 Å². The third-order valence-corrected chi connectivity index (χ3v) is 5.59. The Morgan fingerprint density at radius 3 is 2.50 bits per heavy atom. The summed E-state index contributed by atoms with van der Waals surface area (Å²) in [4.78, 5) is 3.74. The Morgan fingerprint density at radius 2 is 1.73 bits per heavy atom. The highest BCUT2D eigenvalue weighted by Crippen LogP contribution is 2.37. The van der Waals surface area contributed by atoms with Gasteiger partial charge in [-0.05, 0) is 36.6 Å². The van der Waals surface area contributed by atoms with Crippen molar-refractivity contribution in [3.63, 3.8) is 0 Å². The predicted octanol–water partition coefficient (Wildman–Crippen LogP) is 6.03. The largest absolute Gasteiger partial charge is 0.437 e. The average Bonchev–Trinajstić information content (AvgIpc) is 3.07. The van der Waals surface area contributed by atoms with E-state index in [-0.39, 0.29) is 11.1 Å². The number of hydrogen-bond donors (Lipinski definition) is 0. The molecule has 0 spiro atoms. The van der Waals surface area contributed by atoms with E-state index in [1.54, 1.807) is 6.07 Å². The van der Waals surface area contributed by atoms with Crippen molar-refractivity contribution in [3.8, 4) is 22.4 Å². The molecule has 0 aliphatic carbocycles. The lowest BCUT2D eigenvalue weighted by Gasteiger charge is -2.08. The number of rotatable bonds is 2. The molecule has 0 saturated carbocycles. The van der Waals surface area contributed by atoms with Crippen LogP contribution in [0.1, 0.15) is 11.1 Å². The van der Waals surface area contributed by atoms with E-state index in [9.17, 15) is 8.78 Å². The maximum Gasteiger partial charge on any atom is 0.232 e. The third kappa shape index (κ3) is 2.77. The van der Waals surface area contributed by atoms with Crippen LogP contribution in [0.25, 0.3) is 44.5 Å². The molecule has 5 aromatic rings. The summed E-state index contributed by atoms with van der Waals surface area (Å²) in [5.41, 5.74) is 6.66. The number of aryl methyl sites for hydroxylation is 3. The Hall–Kier alpha value is -3.60. The summed E-state index contributed by atoms with van der Waals surface area (Å²) in [6.45, 7) is 4.06. The fourth-order valence-electron chi connectivity index (χ4n) is 4.10. The van der Waals surface area contributed by atoms with Crippen molar-refractivity contribution in [2.45, 2.75) is 13.8 Å². The Balaban J connectivity index is 1.76. The highest BCUT2D eigenvalue weighted by Gasteiger charge is 2.23. The maximum atomic E-state index is 14.5. The molecular weight excluding hydrogens is 382 g/mol. The van der Waals surface area contributed by atoms with Crippen LogP contribution in [0.15, 0.2) is 65.2 Å². The topological polar surface area (TPSA) is 29.9 Å². The summed E-state index contributed by atoms with van der Waals surface area (Å²) in [7, 11) is 1.97. The van der Waals surface area contributed by atoms with Crippen molar-refractivity contribution in [3.05, 3.63) is 83.7 Å². The van der Waals surface area contributed by atoms with Crippen LogP contribution in [0.4, 0.5) is 8.78 Å². The first-order valence-electron chi connectivity index (χ1n) is 9.68. The number of nitrogens with zero attached hydrogens (tertiary/aromatic N) is 2. The van der Waals surface area contributed by atoms with Crippen LogP contribution in [0.2, 0.25) is 0 Å². The fourth-order valence-corrected chi connectivity index (χ4v) is 4.10. The van der Waals surface area contributed by atoms with Crippen molar-refractivity contribution in [2.24, 2.45) is 7.05 Å².